The van der Waals surface area contributed by atoms with Gasteiger partial charge < -0.3 is 10.4 Å². The summed E-state index contributed by atoms with van der Waals surface area (Å²) in [4.78, 5) is 13.1. The molecule has 2 aromatic rings. The number of nitrogens with zero attached hydrogens (tertiary/aromatic N) is 3. The lowest BCUT2D eigenvalue weighted by Gasteiger charge is -2.15. The number of anilines is 1. The number of pyridine rings is 1. The Bertz CT molecular complexity index is 611. The predicted octanol–water partition coefficient (Wildman–Crippen LogP) is 2.42. The molecule has 1 fully saturated rings. The van der Waals surface area contributed by atoms with Gasteiger partial charge in [-0.15, -0.1) is 0 Å². The molecule has 0 radical (unpaired) electrons. The van der Waals surface area contributed by atoms with Gasteiger partial charge in [0.05, 0.1) is 0 Å². The van der Waals surface area contributed by atoms with Crippen molar-refractivity contribution in [3.05, 3.63) is 36.3 Å². The first-order chi connectivity index (χ1) is 10.2. The average Bonchev–Trinajstić information content (AvgIpc) is 3.26. The third-order valence-corrected chi connectivity index (χ3v) is 4.04. The largest absolute Gasteiger partial charge is 0.396 e. The fraction of sp³-hybridized carbons (Fsp3) is 0.438. The zero-order chi connectivity index (χ0) is 14.7. The summed E-state index contributed by atoms with van der Waals surface area (Å²) in [7, 11) is 0. The molecule has 1 saturated carbocycles. The zero-order valence-corrected chi connectivity index (χ0v) is 12.2. The van der Waals surface area contributed by atoms with Gasteiger partial charge in [0.1, 0.15) is 5.82 Å². The van der Waals surface area contributed by atoms with Crippen molar-refractivity contribution in [2.24, 2.45) is 5.41 Å². The van der Waals surface area contributed by atoms with E-state index in [4.69, 9.17) is 5.11 Å². The molecule has 21 heavy (non-hydrogen) atoms. The highest BCUT2D eigenvalue weighted by Crippen LogP contribution is 2.48. The Balaban J connectivity index is 1.76. The van der Waals surface area contributed by atoms with Crippen LogP contribution in [0.3, 0.4) is 0 Å². The van der Waals surface area contributed by atoms with E-state index in [-0.39, 0.29) is 12.0 Å². The van der Waals surface area contributed by atoms with E-state index in [2.05, 4.69) is 20.3 Å². The second-order valence-corrected chi connectivity index (χ2v) is 5.78. The predicted molar refractivity (Wildman–Crippen MR) is 81.9 cm³/mol. The van der Waals surface area contributed by atoms with Crippen LogP contribution in [0.5, 0.6) is 0 Å². The second kappa shape index (κ2) is 5.77. The zero-order valence-electron chi connectivity index (χ0n) is 12.2. The third-order valence-electron chi connectivity index (χ3n) is 4.04. The minimum Gasteiger partial charge on any atom is -0.396 e. The monoisotopic (exact) mass is 284 g/mol. The maximum atomic E-state index is 9.12. The van der Waals surface area contributed by atoms with Crippen molar-refractivity contribution in [3.8, 4) is 11.4 Å². The lowest BCUT2D eigenvalue weighted by Crippen LogP contribution is -2.17. The molecule has 110 valence electrons. The van der Waals surface area contributed by atoms with Gasteiger partial charge in [-0.1, -0.05) is 0 Å². The molecule has 0 aliphatic heterocycles. The molecule has 5 nitrogen and oxygen atoms in total. The van der Waals surface area contributed by atoms with Crippen LogP contribution in [0.25, 0.3) is 11.4 Å². The SMILES string of the molecule is Cc1cc(NCC2(CCO)CC2)nc(-c2ccncc2)n1. The third kappa shape index (κ3) is 3.36. The maximum Gasteiger partial charge on any atom is 0.161 e. The molecule has 0 atom stereocenters. The topological polar surface area (TPSA) is 70.9 Å². The summed E-state index contributed by atoms with van der Waals surface area (Å²) in [6.07, 6.45) is 6.72. The minimum absolute atomic E-state index is 0.257. The van der Waals surface area contributed by atoms with Crippen LogP contribution < -0.4 is 5.32 Å². The van der Waals surface area contributed by atoms with Crippen molar-refractivity contribution < 1.29 is 5.11 Å². The quantitative estimate of drug-likeness (QED) is 0.852. The number of rotatable bonds is 6. The van der Waals surface area contributed by atoms with E-state index in [9.17, 15) is 0 Å². The van der Waals surface area contributed by atoms with Gasteiger partial charge in [-0.2, -0.15) is 0 Å². The molecule has 0 spiro atoms. The van der Waals surface area contributed by atoms with Gasteiger partial charge in [0, 0.05) is 42.9 Å². The first-order valence-electron chi connectivity index (χ1n) is 7.32. The molecule has 3 rings (SSSR count). The number of hydrogen-bond acceptors (Lipinski definition) is 5. The Morgan fingerprint density at radius 3 is 2.67 bits per heavy atom. The number of aliphatic hydroxyl groups excluding tert-OH is 1. The van der Waals surface area contributed by atoms with E-state index >= 15 is 0 Å². The van der Waals surface area contributed by atoms with Crippen molar-refractivity contribution in [2.45, 2.75) is 26.2 Å². The van der Waals surface area contributed by atoms with Gasteiger partial charge in [-0.05, 0) is 43.7 Å². The van der Waals surface area contributed by atoms with Crippen LogP contribution in [0.1, 0.15) is 25.0 Å². The first-order valence-corrected chi connectivity index (χ1v) is 7.32. The molecule has 1 aliphatic carbocycles. The van der Waals surface area contributed by atoms with Crippen LogP contribution in [0.15, 0.2) is 30.6 Å². The summed E-state index contributed by atoms with van der Waals surface area (Å²) in [5, 5.41) is 12.5. The Morgan fingerprint density at radius 1 is 1.24 bits per heavy atom. The summed E-state index contributed by atoms with van der Waals surface area (Å²) >= 11 is 0. The van der Waals surface area contributed by atoms with Gasteiger partial charge in [-0.3, -0.25) is 4.98 Å². The molecule has 0 bridgehead atoms. The Labute approximate surface area is 124 Å². The van der Waals surface area contributed by atoms with E-state index in [0.29, 0.717) is 5.82 Å². The number of aromatic nitrogens is 3. The van der Waals surface area contributed by atoms with Gasteiger partial charge in [0.25, 0.3) is 0 Å². The summed E-state index contributed by atoms with van der Waals surface area (Å²) in [5.41, 5.74) is 2.17. The summed E-state index contributed by atoms with van der Waals surface area (Å²) < 4.78 is 0. The van der Waals surface area contributed by atoms with Crippen molar-refractivity contribution in [2.75, 3.05) is 18.5 Å². The van der Waals surface area contributed by atoms with Gasteiger partial charge in [0.15, 0.2) is 5.82 Å². The van der Waals surface area contributed by atoms with E-state index < -0.39 is 0 Å². The van der Waals surface area contributed by atoms with Crippen LogP contribution in [-0.2, 0) is 0 Å². The normalized spacial score (nSPS) is 15.7. The highest BCUT2D eigenvalue weighted by atomic mass is 16.3. The fourth-order valence-electron chi connectivity index (χ4n) is 2.50. The molecule has 1 aliphatic rings. The fourth-order valence-corrected chi connectivity index (χ4v) is 2.50. The second-order valence-electron chi connectivity index (χ2n) is 5.78. The molecule has 5 heteroatoms. The standard InChI is InChI=1S/C16H20N4O/c1-12-10-14(18-11-16(4-5-16)6-9-21)20-15(19-12)13-2-7-17-8-3-13/h2-3,7-8,10,21H,4-6,9,11H2,1H3,(H,18,19,20). The number of nitrogens with one attached hydrogen (secondary N) is 1. The molecule has 0 amide bonds. The molecule has 0 unspecified atom stereocenters. The number of aliphatic hydroxyl groups is 1. The van der Waals surface area contributed by atoms with Crippen molar-refractivity contribution in [3.63, 3.8) is 0 Å². The van der Waals surface area contributed by atoms with Gasteiger partial charge >= 0.3 is 0 Å². The summed E-state index contributed by atoms with van der Waals surface area (Å²) in [6, 6.07) is 5.78. The van der Waals surface area contributed by atoms with Crippen LogP contribution in [0.4, 0.5) is 5.82 Å². The van der Waals surface area contributed by atoms with Crippen molar-refractivity contribution >= 4 is 5.82 Å². The maximum absolute atomic E-state index is 9.12. The van der Waals surface area contributed by atoms with Crippen LogP contribution >= 0.6 is 0 Å². The van der Waals surface area contributed by atoms with Gasteiger partial charge in [-0.25, -0.2) is 9.97 Å². The Hall–Kier alpha value is -2.01. The van der Waals surface area contributed by atoms with Crippen LogP contribution in [0, 0.1) is 12.3 Å². The number of hydrogen-bond donors (Lipinski definition) is 2. The van der Waals surface area contributed by atoms with Crippen molar-refractivity contribution in [1.29, 1.82) is 0 Å². The number of aryl methyl sites for hydroxylation is 1. The lowest BCUT2D eigenvalue weighted by molar-refractivity contribution is 0.253. The van der Waals surface area contributed by atoms with E-state index in [1.807, 2.05) is 25.1 Å². The first kappa shape index (κ1) is 13.9. The molecule has 2 aromatic heterocycles. The Morgan fingerprint density at radius 2 is 2.00 bits per heavy atom. The molecule has 2 heterocycles. The minimum atomic E-state index is 0.257. The highest BCUT2D eigenvalue weighted by Gasteiger charge is 2.41. The Kier molecular flexibility index (Phi) is 3.84. The van der Waals surface area contributed by atoms with Gasteiger partial charge in [0.2, 0.25) is 0 Å². The molecular formula is C16H20N4O. The molecule has 0 aromatic carbocycles. The van der Waals surface area contributed by atoms with E-state index in [0.717, 1.165) is 30.0 Å². The van der Waals surface area contributed by atoms with Crippen molar-refractivity contribution in [1.82, 2.24) is 15.0 Å². The highest BCUT2D eigenvalue weighted by molar-refractivity contribution is 5.56. The van der Waals surface area contributed by atoms with Crippen LogP contribution in [0.2, 0.25) is 0 Å². The molecule has 2 N–H and O–H groups in total. The van der Waals surface area contributed by atoms with E-state index in [1.165, 1.54) is 12.8 Å². The molecule has 0 saturated heterocycles. The lowest BCUT2D eigenvalue weighted by atomic mass is 10.0. The summed E-state index contributed by atoms with van der Waals surface area (Å²) in [5.74, 6) is 1.56. The molecular weight excluding hydrogens is 264 g/mol. The summed E-state index contributed by atoms with van der Waals surface area (Å²) in [6.45, 7) is 3.09. The van der Waals surface area contributed by atoms with E-state index in [1.54, 1.807) is 12.4 Å². The van der Waals surface area contributed by atoms with Crippen LogP contribution in [-0.4, -0.2) is 33.2 Å². The average molecular weight is 284 g/mol. The smallest absolute Gasteiger partial charge is 0.161 e.